The first kappa shape index (κ1) is 14.1. The fourth-order valence-electron chi connectivity index (χ4n) is 3.46. The molecule has 0 spiro atoms. The van der Waals surface area contributed by atoms with Gasteiger partial charge in [-0.25, -0.2) is 4.79 Å². The van der Waals surface area contributed by atoms with Gasteiger partial charge in [0.05, 0.1) is 5.56 Å². The van der Waals surface area contributed by atoms with Crippen LogP contribution < -0.4 is 0 Å². The van der Waals surface area contributed by atoms with Gasteiger partial charge in [-0.05, 0) is 54.2 Å². The second-order valence-electron chi connectivity index (χ2n) is 6.36. The molecule has 19 heavy (non-hydrogen) atoms. The molecule has 0 radical (unpaired) electrons. The van der Waals surface area contributed by atoms with Crippen molar-refractivity contribution in [2.75, 3.05) is 0 Å². The molecular weight excluding hydrogens is 236 g/mol. The molecule has 0 aliphatic heterocycles. The Hall–Kier alpha value is -1.31. The number of aromatic carboxylic acids is 1. The SMILES string of the molecule is CC1CCC(C(C)C)C(c2ccc(C(=O)O)cc2)C1. The molecule has 2 nitrogen and oxygen atoms in total. The summed E-state index contributed by atoms with van der Waals surface area (Å²) in [5.74, 6) is 1.94. The average molecular weight is 260 g/mol. The minimum Gasteiger partial charge on any atom is -0.478 e. The van der Waals surface area contributed by atoms with Crippen molar-refractivity contribution < 1.29 is 9.90 Å². The molecule has 0 heterocycles. The standard InChI is InChI=1S/C17H24O2/c1-11(2)15-9-4-12(3)10-16(15)13-5-7-14(8-6-13)17(18)19/h5-8,11-12,15-16H,4,9-10H2,1-3H3,(H,18,19). The molecule has 2 rings (SSSR count). The van der Waals surface area contributed by atoms with Crippen LogP contribution in [0.25, 0.3) is 0 Å². The Labute approximate surface area is 115 Å². The van der Waals surface area contributed by atoms with E-state index in [1.165, 1.54) is 24.8 Å². The third-order valence-electron chi connectivity index (χ3n) is 4.61. The topological polar surface area (TPSA) is 37.3 Å². The van der Waals surface area contributed by atoms with E-state index in [9.17, 15) is 4.79 Å². The summed E-state index contributed by atoms with van der Waals surface area (Å²) >= 11 is 0. The van der Waals surface area contributed by atoms with Crippen molar-refractivity contribution in [2.45, 2.75) is 46.0 Å². The van der Waals surface area contributed by atoms with Gasteiger partial charge in [0.2, 0.25) is 0 Å². The molecule has 1 saturated carbocycles. The van der Waals surface area contributed by atoms with E-state index in [0.717, 1.165) is 11.8 Å². The Morgan fingerprint density at radius 2 is 1.84 bits per heavy atom. The molecule has 1 N–H and O–H groups in total. The minimum atomic E-state index is -0.844. The third kappa shape index (κ3) is 3.17. The molecule has 0 saturated heterocycles. The van der Waals surface area contributed by atoms with E-state index in [1.54, 1.807) is 12.1 Å². The van der Waals surface area contributed by atoms with Crippen LogP contribution in [-0.4, -0.2) is 11.1 Å². The van der Waals surface area contributed by atoms with Crippen LogP contribution in [0, 0.1) is 17.8 Å². The molecule has 1 aromatic rings. The first-order valence-corrected chi connectivity index (χ1v) is 7.32. The van der Waals surface area contributed by atoms with Crippen LogP contribution >= 0.6 is 0 Å². The van der Waals surface area contributed by atoms with Crippen LogP contribution in [0.5, 0.6) is 0 Å². The first-order valence-electron chi connectivity index (χ1n) is 7.32. The van der Waals surface area contributed by atoms with Gasteiger partial charge in [0.1, 0.15) is 0 Å². The molecule has 0 aromatic heterocycles. The van der Waals surface area contributed by atoms with E-state index >= 15 is 0 Å². The van der Waals surface area contributed by atoms with Crippen LogP contribution in [-0.2, 0) is 0 Å². The fourth-order valence-corrected chi connectivity index (χ4v) is 3.46. The monoisotopic (exact) mass is 260 g/mol. The van der Waals surface area contributed by atoms with Gasteiger partial charge in [0.25, 0.3) is 0 Å². The van der Waals surface area contributed by atoms with Crippen molar-refractivity contribution in [1.82, 2.24) is 0 Å². The van der Waals surface area contributed by atoms with E-state index in [0.29, 0.717) is 17.4 Å². The van der Waals surface area contributed by atoms with Gasteiger partial charge in [-0.15, -0.1) is 0 Å². The van der Waals surface area contributed by atoms with Gasteiger partial charge in [-0.2, -0.15) is 0 Å². The van der Waals surface area contributed by atoms with Gasteiger partial charge < -0.3 is 5.11 Å². The van der Waals surface area contributed by atoms with E-state index in [2.05, 4.69) is 20.8 Å². The molecule has 104 valence electrons. The zero-order chi connectivity index (χ0) is 14.0. The molecule has 1 fully saturated rings. The van der Waals surface area contributed by atoms with E-state index in [4.69, 9.17) is 5.11 Å². The highest BCUT2D eigenvalue weighted by molar-refractivity contribution is 5.87. The normalized spacial score (nSPS) is 27.5. The lowest BCUT2D eigenvalue weighted by Crippen LogP contribution is -2.26. The Kier molecular flexibility index (Phi) is 4.28. The summed E-state index contributed by atoms with van der Waals surface area (Å²) in [5.41, 5.74) is 1.70. The summed E-state index contributed by atoms with van der Waals surface area (Å²) in [7, 11) is 0. The van der Waals surface area contributed by atoms with Crippen LogP contribution in [0.2, 0.25) is 0 Å². The summed E-state index contributed by atoms with van der Waals surface area (Å²) in [4.78, 5) is 10.9. The zero-order valence-corrected chi connectivity index (χ0v) is 12.1. The summed E-state index contributed by atoms with van der Waals surface area (Å²) in [5, 5.41) is 8.97. The number of benzene rings is 1. The maximum atomic E-state index is 10.9. The van der Waals surface area contributed by atoms with Gasteiger partial charge in [-0.3, -0.25) is 0 Å². The number of hydrogen-bond acceptors (Lipinski definition) is 1. The number of rotatable bonds is 3. The Morgan fingerprint density at radius 1 is 1.21 bits per heavy atom. The molecular formula is C17H24O2. The summed E-state index contributed by atoms with van der Waals surface area (Å²) in [6, 6.07) is 7.52. The van der Waals surface area contributed by atoms with Crippen molar-refractivity contribution in [1.29, 1.82) is 0 Å². The highest BCUT2D eigenvalue weighted by Crippen LogP contribution is 2.43. The van der Waals surface area contributed by atoms with Gasteiger partial charge in [0, 0.05) is 0 Å². The maximum Gasteiger partial charge on any atom is 0.335 e. The quantitative estimate of drug-likeness (QED) is 0.865. The van der Waals surface area contributed by atoms with Crippen molar-refractivity contribution in [3.8, 4) is 0 Å². The van der Waals surface area contributed by atoms with Crippen LogP contribution in [0.15, 0.2) is 24.3 Å². The summed E-state index contributed by atoms with van der Waals surface area (Å²) < 4.78 is 0. The Bertz CT molecular complexity index is 433. The second-order valence-corrected chi connectivity index (χ2v) is 6.36. The van der Waals surface area contributed by atoms with Crippen LogP contribution in [0.3, 0.4) is 0 Å². The average Bonchev–Trinajstić information content (AvgIpc) is 2.38. The maximum absolute atomic E-state index is 10.9. The van der Waals surface area contributed by atoms with Gasteiger partial charge in [0.15, 0.2) is 0 Å². The van der Waals surface area contributed by atoms with Crippen molar-refractivity contribution >= 4 is 5.97 Å². The molecule has 0 amide bonds. The lowest BCUT2D eigenvalue weighted by Gasteiger charge is -2.37. The number of hydrogen-bond donors (Lipinski definition) is 1. The van der Waals surface area contributed by atoms with Crippen molar-refractivity contribution in [2.24, 2.45) is 17.8 Å². The predicted molar refractivity (Wildman–Crippen MR) is 77.5 cm³/mol. The van der Waals surface area contributed by atoms with Crippen molar-refractivity contribution in [3.05, 3.63) is 35.4 Å². The predicted octanol–water partition coefficient (Wildman–Crippen LogP) is 4.56. The van der Waals surface area contributed by atoms with E-state index in [-0.39, 0.29) is 0 Å². The lowest BCUT2D eigenvalue weighted by atomic mass is 9.67. The third-order valence-corrected chi connectivity index (χ3v) is 4.61. The van der Waals surface area contributed by atoms with E-state index < -0.39 is 5.97 Å². The van der Waals surface area contributed by atoms with Crippen LogP contribution in [0.4, 0.5) is 0 Å². The molecule has 3 atom stereocenters. The molecule has 2 heteroatoms. The summed E-state index contributed by atoms with van der Waals surface area (Å²) in [6.07, 6.45) is 3.85. The molecule has 0 bridgehead atoms. The lowest BCUT2D eigenvalue weighted by molar-refractivity contribution is 0.0697. The Balaban J connectivity index is 2.23. The first-order chi connectivity index (χ1) is 8.99. The number of carbonyl (C=O) groups is 1. The number of carboxylic acids is 1. The second kappa shape index (κ2) is 5.77. The van der Waals surface area contributed by atoms with E-state index in [1.807, 2.05) is 12.1 Å². The Morgan fingerprint density at radius 3 is 2.37 bits per heavy atom. The minimum absolute atomic E-state index is 0.383. The summed E-state index contributed by atoms with van der Waals surface area (Å²) in [6.45, 7) is 6.94. The number of carboxylic acid groups (broad SMARTS) is 1. The molecule has 1 aliphatic rings. The largest absolute Gasteiger partial charge is 0.478 e. The smallest absolute Gasteiger partial charge is 0.335 e. The highest BCUT2D eigenvalue weighted by atomic mass is 16.4. The molecule has 1 aliphatic carbocycles. The molecule has 1 aromatic carbocycles. The molecule has 3 unspecified atom stereocenters. The van der Waals surface area contributed by atoms with Crippen molar-refractivity contribution in [3.63, 3.8) is 0 Å². The fraction of sp³-hybridized carbons (Fsp3) is 0.588. The van der Waals surface area contributed by atoms with Gasteiger partial charge >= 0.3 is 5.97 Å². The van der Waals surface area contributed by atoms with Crippen LogP contribution in [0.1, 0.15) is 61.9 Å². The van der Waals surface area contributed by atoms with Gasteiger partial charge in [-0.1, -0.05) is 39.3 Å². The highest BCUT2D eigenvalue weighted by Gasteiger charge is 2.31. The zero-order valence-electron chi connectivity index (χ0n) is 12.1.